The van der Waals surface area contributed by atoms with Gasteiger partial charge in [-0.3, -0.25) is 4.79 Å². The number of benzene rings is 1. The molecule has 0 radical (unpaired) electrons. The van der Waals surface area contributed by atoms with E-state index in [9.17, 15) is 4.79 Å². The monoisotopic (exact) mass is 247 g/mol. The number of amides is 1. The van der Waals surface area contributed by atoms with Crippen LogP contribution in [0.1, 0.15) is 13.3 Å². The number of carbonyl (C=O) groups excluding carboxylic acids is 1. The predicted octanol–water partition coefficient (Wildman–Crippen LogP) is 1.69. The maximum Gasteiger partial charge on any atom is 0.241 e. The van der Waals surface area contributed by atoms with E-state index in [-0.39, 0.29) is 11.9 Å². The lowest BCUT2D eigenvalue weighted by Gasteiger charge is -2.16. The van der Waals surface area contributed by atoms with E-state index >= 15 is 0 Å². The number of hydrogen-bond donors (Lipinski definition) is 2. The van der Waals surface area contributed by atoms with Gasteiger partial charge in [0.2, 0.25) is 5.91 Å². The Bertz CT molecular complexity index is 414. The molecule has 1 aromatic carbocycles. The van der Waals surface area contributed by atoms with E-state index in [2.05, 4.69) is 17.6 Å². The fourth-order valence-electron chi connectivity index (χ4n) is 2.25. The molecular weight excluding hydrogens is 226 g/mol. The molecule has 1 heterocycles. The van der Waals surface area contributed by atoms with Crippen molar-refractivity contribution in [1.82, 2.24) is 5.32 Å². The molecule has 0 aliphatic carbocycles. The summed E-state index contributed by atoms with van der Waals surface area (Å²) in [7, 11) is 4.00. The molecule has 1 fully saturated rings. The first-order valence-corrected chi connectivity index (χ1v) is 6.39. The molecule has 0 saturated carbocycles. The van der Waals surface area contributed by atoms with E-state index in [0.717, 1.165) is 24.3 Å². The van der Waals surface area contributed by atoms with Gasteiger partial charge in [0.1, 0.15) is 0 Å². The number of carbonyl (C=O) groups is 1. The van der Waals surface area contributed by atoms with E-state index in [0.29, 0.717) is 5.92 Å². The fraction of sp³-hybridized carbons (Fsp3) is 0.500. The minimum absolute atomic E-state index is 0.0569. The summed E-state index contributed by atoms with van der Waals surface area (Å²) in [5, 5.41) is 6.20. The zero-order chi connectivity index (χ0) is 13.1. The highest BCUT2D eigenvalue weighted by Crippen LogP contribution is 2.19. The molecule has 4 heteroatoms. The molecule has 1 aliphatic rings. The van der Waals surface area contributed by atoms with Gasteiger partial charge in [-0.25, -0.2) is 0 Å². The number of nitrogens with one attached hydrogen (secondary N) is 2. The molecule has 1 amide bonds. The molecule has 18 heavy (non-hydrogen) atoms. The average Bonchev–Trinajstić information content (AvgIpc) is 2.76. The normalized spacial score (nSPS) is 22.8. The summed E-state index contributed by atoms with van der Waals surface area (Å²) in [5.41, 5.74) is 1.98. The minimum Gasteiger partial charge on any atom is -0.378 e. The molecule has 2 atom stereocenters. The molecule has 0 bridgehead atoms. The zero-order valence-corrected chi connectivity index (χ0v) is 11.2. The van der Waals surface area contributed by atoms with Gasteiger partial charge in [-0.1, -0.05) is 6.92 Å². The standard InChI is InChI=1S/C14H21N3O/c1-10-8-9-15-13(10)14(18)16-11-4-6-12(7-5-11)17(2)3/h4-7,10,13,15H,8-9H2,1-3H3,(H,16,18). The highest BCUT2D eigenvalue weighted by atomic mass is 16.2. The van der Waals surface area contributed by atoms with Crippen molar-refractivity contribution in [2.24, 2.45) is 5.92 Å². The number of hydrogen-bond acceptors (Lipinski definition) is 3. The quantitative estimate of drug-likeness (QED) is 0.854. The molecule has 1 aliphatic heterocycles. The van der Waals surface area contributed by atoms with Crippen molar-refractivity contribution in [2.45, 2.75) is 19.4 Å². The van der Waals surface area contributed by atoms with Crippen molar-refractivity contribution in [2.75, 3.05) is 30.9 Å². The summed E-state index contributed by atoms with van der Waals surface area (Å²) in [5.74, 6) is 0.476. The second-order valence-corrected chi connectivity index (χ2v) is 5.13. The second kappa shape index (κ2) is 5.40. The largest absolute Gasteiger partial charge is 0.378 e. The van der Waals surface area contributed by atoms with Crippen LogP contribution in [0.2, 0.25) is 0 Å². The molecule has 1 aromatic rings. The Morgan fingerprint density at radius 1 is 1.33 bits per heavy atom. The summed E-state index contributed by atoms with van der Waals surface area (Å²) in [6, 6.07) is 7.82. The predicted molar refractivity (Wildman–Crippen MR) is 75.0 cm³/mol. The highest BCUT2D eigenvalue weighted by Gasteiger charge is 2.29. The summed E-state index contributed by atoms with van der Waals surface area (Å²) >= 11 is 0. The van der Waals surface area contributed by atoms with Gasteiger partial charge < -0.3 is 15.5 Å². The first-order chi connectivity index (χ1) is 8.58. The van der Waals surface area contributed by atoms with Gasteiger partial charge in [-0.2, -0.15) is 0 Å². The summed E-state index contributed by atoms with van der Waals surface area (Å²) in [6.07, 6.45) is 1.07. The van der Waals surface area contributed by atoms with Crippen LogP contribution in [-0.4, -0.2) is 32.6 Å². The van der Waals surface area contributed by atoms with Gasteiger partial charge in [0.25, 0.3) is 0 Å². The third-order valence-electron chi connectivity index (χ3n) is 3.47. The molecule has 0 spiro atoms. The lowest BCUT2D eigenvalue weighted by atomic mass is 10.0. The van der Waals surface area contributed by atoms with Crippen LogP contribution in [0.4, 0.5) is 11.4 Å². The van der Waals surface area contributed by atoms with Crippen molar-refractivity contribution in [1.29, 1.82) is 0 Å². The van der Waals surface area contributed by atoms with Crippen LogP contribution < -0.4 is 15.5 Å². The Labute approximate surface area is 108 Å². The van der Waals surface area contributed by atoms with Gasteiger partial charge in [-0.05, 0) is 43.1 Å². The van der Waals surface area contributed by atoms with Gasteiger partial charge in [0.15, 0.2) is 0 Å². The summed E-state index contributed by atoms with van der Waals surface area (Å²) in [4.78, 5) is 14.1. The lowest BCUT2D eigenvalue weighted by Crippen LogP contribution is -2.39. The lowest BCUT2D eigenvalue weighted by molar-refractivity contribution is -0.118. The van der Waals surface area contributed by atoms with Crippen LogP contribution in [0.3, 0.4) is 0 Å². The minimum atomic E-state index is -0.0569. The van der Waals surface area contributed by atoms with Gasteiger partial charge >= 0.3 is 0 Å². The Hall–Kier alpha value is -1.55. The molecule has 1 saturated heterocycles. The van der Waals surface area contributed by atoms with Crippen LogP contribution in [0.15, 0.2) is 24.3 Å². The number of anilines is 2. The van der Waals surface area contributed by atoms with Crippen LogP contribution in [0.25, 0.3) is 0 Å². The van der Waals surface area contributed by atoms with Crippen LogP contribution in [-0.2, 0) is 4.79 Å². The number of rotatable bonds is 3. The maximum atomic E-state index is 12.1. The smallest absolute Gasteiger partial charge is 0.241 e. The van der Waals surface area contributed by atoms with E-state index in [1.807, 2.05) is 43.3 Å². The van der Waals surface area contributed by atoms with Gasteiger partial charge in [-0.15, -0.1) is 0 Å². The second-order valence-electron chi connectivity index (χ2n) is 5.13. The third kappa shape index (κ3) is 2.82. The van der Waals surface area contributed by atoms with E-state index < -0.39 is 0 Å². The summed E-state index contributed by atoms with van der Waals surface area (Å²) in [6.45, 7) is 3.04. The highest BCUT2D eigenvalue weighted by molar-refractivity contribution is 5.95. The van der Waals surface area contributed by atoms with Crippen molar-refractivity contribution in [3.63, 3.8) is 0 Å². The molecule has 4 nitrogen and oxygen atoms in total. The van der Waals surface area contributed by atoms with Gasteiger partial charge in [0, 0.05) is 25.5 Å². The first kappa shape index (κ1) is 12.9. The van der Waals surface area contributed by atoms with Crippen LogP contribution in [0.5, 0.6) is 0 Å². The fourth-order valence-corrected chi connectivity index (χ4v) is 2.25. The van der Waals surface area contributed by atoms with E-state index in [4.69, 9.17) is 0 Å². The molecule has 2 N–H and O–H groups in total. The molecule has 0 aromatic heterocycles. The van der Waals surface area contributed by atoms with Crippen molar-refractivity contribution in [3.8, 4) is 0 Å². The van der Waals surface area contributed by atoms with Crippen LogP contribution >= 0.6 is 0 Å². The molecule has 2 rings (SSSR count). The Kier molecular flexibility index (Phi) is 3.87. The SMILES string of the molecule is CC1CCNC1C(=O)Nc1ccc(N(C)C)cc1. The van der Waals surface area contributed by atoms with Gasteiger partial charge in [0.05, 0.1) is 6.04 Å². The average molecular weight is 247 g/mol. The third-order valence-corrected chi connectivity index (χ3v) is 3.47. The molecule has 2 unspecified atom stereocenters. The van der Waals surface area contributed by atoms with Crippen molar-refractivity contribution < 1.29 is 4.79 Å². The van der Waals surface area contributed by atoms with Crippen molar-refractivity contribution >= 4 is 17.3 Å². The Balaban J connectivity index is 1.98. The maximum absolute atomic E-state index is 12.1. The van der Waals surface area contributed by atoms with Crippen LogP contribution in [0, 0.1) is 5.92 Å². The zero-order valence-electron chi connectivity index (χ0n) is 11.2. The molecular formula is C14H21N3O. The Morgan fingerprint density at radius 3 is 2.50 bits per heavy atom. The van der Waals surface area contributed by atoms with Crippen molar-refractivity contribution in [3.05, 3.63) is 24.3 Å². The van der Waals surface area contributed by atoms with E-state index in [1.54, 1.807) is 0 Å². The van der Waals surface area contributed by atoms with E-state index in [1.165, 1.54) is 0 Å². The summed E-state index contributed by atoms with van der Waals surface area (Å²) < 4.78 is 0. The topological polar surface area (TPSA) is 44.4 Å². The molecule has 98 valence electrons. The first-order valence-electron chi connectivity index (χ1n) is 6.39. The number of nitrogens with zero attached hydrogens (tertiary/aromatic N) is 1. The Morgan fingerprint density at radius 2 is 2.00 bits per heavy atom.